The third-order valence-corrected chi connectivity index (χ3v) is 2.88. The Labute approximate surface area is 109 Å². The number of aromatic nitrogens is 4. The molecule has 0 bridgehead atoms. The summed E-state index contributed by atoms with van der Waals surface area (Å²) in [5.41, 5.74) is 8.09. The second-order valence-corrected chi connectivity index (χ2v) is 4.04. The Morgan fingerprint density at radius 3 is 2.89 bits per heavy atom. The van der Waals surface area contributed by atoms with Crippen molar-refractivity contribution in [3.63, 3.8) is 0 Å². The van der Waals surface area contributed by atoms with Crippen molar-refractivity contribution in [1.82, 2.24) is 19.8 Å². The van der Waals surface area contributed by atoms with Gasteiger partial charge in [0.2, 0.25) is 0 Å². The summed E-state index contributed by atoms with van der Waals surface area (Å²) in [7, 11) is 1.64. The van der Waals surface area contributed by atoms with Crippen LogP contribution in [0.2, 0.25) is 0 Å². The van der Waals surface area contributed by atoms with Gasteiger partial charge in [-0.1, -0.05) is 12.1 Å². The largest absolute Gasteiger partial charge is 0.497 e. The zero-order valence-corrected chi connectivity index (χ0v) is 10.4. The van der Waals surface area contributed by atoms with Crippen LogP contribution in [0.15, 0.2) is 36.4 Å². The number of hydrogen-bond acceptors (Lipinski definition) is 5. The second-order valence-electron chi connectivity index (χ2n) is 4.04. The van der Waals surface area contributed by atoms with Crippen LogP contribution in [0.4, 0.5) is 0 Å². The Kier molecular flexibility index (Phi) is 2.85. The molecule has 3 aromatic rings. The number of benzene rings is 1. The molecule has 0 saturated heterocycles. The summed E-state index contributed by atoms with van der Waals surface area (Å²) in [6.45, 7) is 0.301. The van der Waals surface area contributed by atoms with Gasteiger partial charge >= 0.3 is 0 Å². The summed E-state index contributed by atoms with van der Waals surface area (Å²) >= 11 is 0. The number of rotatable bonds is 3. The maximum Gasteiger partial charge on any atom is 0.177 e. The topological polar surface area (TPSA) is 78.3 Å². The van der Waals surface area contributed by atoms with Crippen LogP contribution in [-0.2, 0) is 6.54 Å². The maximum atomic E-state index is 5.61. The number of nitrogens with zero attached hydrogens (tertiary/aromatic N) is 4. The third kappa shape index (κ3) is 2.02. The lowest BCUT2D eigenvalue weighted by molar-refractivity contribution is 0.415. The van der Waals surface area contributed by atoms with Gasteiger partial charge in [0.05, 0.1) is 19.3 Å². The molecule has 0 radical (unpaired) electrons. The molecule has 19 heavy (non-hydrogen) atoms. The quantitative estimate of drug-likeness (QED) is 0.762. The van der Waals surface area contributed by atoms with E-state index in [9.17, 15) is 0 Å². The van der Waals surface area contributed by atoms with E-state index >= 15 is 0 Å². The van der Waals surface area contributed by atoms with Crippen molar-refractivity contribution < 1.29 is 4.74 Å². The van der Waals surface area contributed by atoms with Gasteiger partial charge in [-0.15, -0.1) is 10.2 Å². The molecular weight excluding hydrogens is 242 g/mol. The molecular formula is C13H13N5O. The van der Waals surface area contributed by atoms with Gasteiger partial charge in [-0.25, -0.2) is 0 Å². The van der Waals surface area contributed by atoms with Crippen molar-refractivity contribution in [3.8, 4) is 17.0 Å². The van der Waals surface area contributed by atoms with E-state index in [0.717, 1.165) is 17.0 Å². The number of ether oxygens (including phenoxy) is 1. The van der Waals surface area contributed by atoms with Gasteiger partial charge in [0, 0.05) is 5.56 Å². The molecule has 0 atom stereocenters. The molecule has 0 unspecified atom stereocenters. The van der Waals surface area contributed by atoms with E-state index in [2.05, 4.69) is 15.3 Å². The average molecular weight is 255 g/mol. The summed E-state index contributed by atoms with van der Waals surface area (Å²) in [6, 6.07) is 11.5. The summed E-state index contributed by atoms with van der Waals surface area (Å²) in [4.78, 5) is 0. The SMILES string of the molecule is COc1cccc(-c2ccc3nnc(CN)n3n2)c1. The van der Waals surface area contributed by atoms with Gasteiger partial charge in [0.15, 0.2) is 11.5 Å². The minimum atomic E-state index is 0.301. The van der Waals surface area contributed by atoms with E-state index in [1.807, 2.05) is 36.4 Å². The van der Waals surface area contributed by atoms with Gasteiger partial charge in [-0.2, -0.15) is 9.61 Å². The summed E-state index contributed by atoms with van der Waals surface area (Å²) in [5, 5.41) is 12.5. The van der Waals surface area contributed by atoms with Gasteiger partial charge in [0.1, 0.15) is 5.75 Å². The van der Waals surface area contributed by atoms with Crippen LogP contribution in [0.3, 0.4) is 0 Å². The molecule has 3 rings (SSSR count). The Morgan fingerprint density at radius 1 is 1.21 bits per heavy atom. The van der Waals surface area contributed by atoms with Gasteiger partial charge in [-0.3, -0.25) is 0 Å². The molecule has 0 aliphatic heterocycles. The van der Waals surface area contributed by atoms with E-state index in [0.29, 0.717) is 18.0 Å². The number of methoxy groups -OCH3 is 1. The number of hydrogen-bond donors (Lipinski definition) is 1. The van der Waals surface area contributed by atoms with Crippen molar-refractivity contribution in [1.29, 1.82) is 0 Å². The highest BCUT2D eigenvalue weighted by Crippen LogP contribution is 2.22. The number of nitrogens with two attached hydrogens (primary N) is 1. The highest BCUT2D eigenvalue weighted by atomic mass is 16.5. The predicted octanol–water partition coefficient (Wildman–Crippen LogP) is 1.26. The molecule has 0 aliphatic carbocycles. The molecule has 0 aliphatic rings. The Hall–Kier alpha value is -2.47. The summed E-state index contributed by atoms with van der Waals surface area (Å²) in [5.74, 6) is 1.43. The molecule has 0 fully saturated rings. The van der Waals surface area contributed by atoms with E-state index in [1.54, 1.807) is 11.6 Å². The van der Waals surface area contributed by atoms with Crippen molar-refractivity contribution in [2.75, 3.05) is 7.11 Å². The first-order chi connectivity index (χ1) is 9.31. The molecule has 0 amide bonds. The lowest BCUT2D eigenvalue weighted by atomic mass is 10.1. The fourth-order valence-corrected chi connectivity index (χ4v) is 1.90. The molecule has 2 aromatic heterocycles. The molecule has 96 valence electrons. The molecule has 2 N–H and O–H groups in total. The van der Waals surface area contributed by atoms with Crippen molar-refractivity contribution in [3.05, 3.63) is 42.2 Å². The van der Waals surface area contributed by atoms with Crippen LogP contribution >= 0.6 is 0 Å². The number of fused-ring (bicyclic) bond motifs is 1. The van der Waals surface area contributed by atoms with E-state index < -0.39 is 0 Å². The lowest BCUT2D eigenvalue weighted by Crippen LogP contribution is -2.05. The molecule has 2 heterocycles. The Bertz CT molecular complexity index is 722. The zero-order valence-electron chi connectivity index (χ0n) is 10.4. The fraction of sp³-hybridized carbons (Fsp3) is 0.154. The molecule has 1 aromatic carbocycles. The standard InChI is InChI=1S/C13H13N5O/c1-19-10-4-2-3-9(7-10)11-5-6-12-15-16-13(8-14)18(12)17-11/h2-7H,8,14H2,1H3. The Balaban J connectivity index is 2.13. The molecule has 0 saturated carbocycles. The van der Waals surface area contributed by atoms with Crippen LogP contribution < -0.4 is 10.5 Å². The van der Waals surface area contributed by atoms with Gasteiger partial charge in [-0.05, 0) is 24.3 Å². The van der Waals surface area contributed by atoms with Crippen LogP contribution in [-0.4, -0.2) is 26.9 Å². The van der Waals surface area contributed by atoms with Crippen molar-refractivity contribution in [2.45, 2.75) is 6.54 Å². The minimum absolute atomic E-state index is 0.301. The van der Waals surface area contributed by atoms with Gasteiger partial charge < -0.3 is 10.5 Å². The van der Waals surface area contributed by atoms with Crippen LogP contribution in [0, 0.1) is 0 Å². The first-order valence-corrected chi connectivity index (χ1v) is 5.87. The molecule has 0 spiro atoms. The maximum absolute atomic E-state index is 5.61. The predicted molar refractivity (Wildman–Crippen MR) is 70.7 cm³/mol. The van der Waals surface area contributed by atoms with Crippen molar-refractivity contribution >= 4 is 5.65 Å². The third-order valence-electron chi connectivity index (χ3n) is 2.88. The molecule has 6 heteroatoms. The highest BCUT2D eigenvalue weighted by Gasteiger charge is 2.07. The highest BCUT2D eigenvalue weighted by molar-refractivity contribution is 5.62. The van der Waals surface area contributed by atoms with E-state index in [1.165, 1.54) is 0 Å². The Morgan fingerprint density at radius 2 is 2.11 bits per heavy atom. The minimum Gasteiger partial charge on any atom is -0.497 e. The zero-order chi connectivity index (χ0) is 13.2. The molecule has 6 nitrogen and oxygen atoms in total. The van der Waals surface area contributed by atoms with Crippen LogP contribution in [0.25, 0.3) is 16.9 Å². The van der Waals surface area contributed by atoms with E-state index in [-0.39, 0.29) is 0 Å². The smallest absolute Gasteiger partial charge is 0.177 e. The van der Waals surface area contributed by atoms with Crippen LogP contribution in [0.1, 0.15) is 5.82 Å². The summed E-state index contributed by atoms with van der Waals surface area (Å²) < 4.78 is 6.88. The van der Waals surface area contributed by atoms with E-state index in [4.69, 9.17) is 10.5 Å². The summed E-state index contributed by atoms with van der Waals surface area (Å²) in [6.07, 6.45) is 0. The second kappa shape index (κ2) is 4.66. The lowest BCUT2D eigenvalue weighted by Gasteiger charge is -2.04. The normalized spacial score (nSPS) is 10.8. The first-order valence-electron chi connectivity index (χ1n) is 5.87. The first kappa shape index (κ1) is 11.6. The van der Waals surface area contributed by atoms with Crippen molar-refractivity contribution in [2.24, 2.45) is 5.73 Å². The fourth-order valence-electron chi connectivity index (χ4n) is 1.90. The van der Waals surface area contributed by atoms with Crippen LogP contribution in [0.5, 0.6) is 5.75 Å². The average Bonchev–Trinajstić information content (AvgIpc) is 2.89. The monoisotopic (exact) mass is 255 g/mol. The van der Waals surface area contributed by atoms with Gasteiger partial charge in [0.25, 0.3) is 0 Å².